The monoisotopic (exact) mass is 412 g/mol. The highest BCUT2D eigenvalue weighted by atomic mass is 16.2. The van der Waals surface area contributed by atoms with Crippen LogP contribution in [0.25, 0.3) is 10.8 Å². The predicted molar refractivity (Wildman–Crippen MR) is 119 cm³/mol. The van der Waals surface area contributed by atoms with E-state index in [1.54, 1.807) is 12.1 Å². The van der Waals surface area contributed by atoms with Crippen LogP contribution in [-0.2, 0) is 4.79 Å². The van der Waals surface area contributed by atoms with Gasteiger partial charge in [0.2, 0.25) is 5.91 Å². The fourth-order valence-electron chi connectivity index (χ4n) is 4.90. The summed E-state index contributed by atoms with van der Waals surface area (Å²) in [6.07, 6.45) is 2.76. The molecule has 0 bridgehead atoms. The Morgan fingerprint density at radius 3 is 2.23 bits per heavy atom. The molecule has 0 aromatic heterocycles. The van der Waals surface area contributed by atoms with E-state index in [0.29, 0.717) is 24.0 Å². The van der Waals surface area contributed by atoms with Crippen molar-refractivity contribution in [1.82, 2.24) is 9.80 Å². The summed E-state index contributed by atoms with van der Waals surface area (Å²) in [6.45, 7) is 1.01. The maximum Gasteiger partial charge on any atom is 0.261 e. The zero-order chi connectivity index (χ0) is 21.4. The highest BCUT2D eigenvalue weighted by Gasteiger charge is 2.33. The summed E-state index contributed by atoms with van der Waals surface area (Å²) < 4.78 is 0. The van der Waals surface area contributed by atoms with Gasteiger partial charge in [0.25, 0.3) is 11.8 Å². The van der Waals surface area contributed by atoms with Gasteiger partial charge in [0.05, 0.1) is 6.04 Å². The molecule has 1 fully saturated rings. The van der Waals surface area contributed by atoms with Gasteiger partial charge in [-0.05, 0) is 42.3 Å². The predicted octanol–water partition coefficient (Wildman–Crippen LogP) is 4.58. The standard InChI is InChI=1S/C26H24N2O3/c29-23(27-16-6-14-22(27)18-8-2-1-3-9-18)15-7-17-28-25(30)20-12-4-10-19-11-5-13-21(24(19)20)26(28)31/h1-5,8-13,22H,6-7,14-17H2. The molecule has 0 saturated carbocycles. The highest BCUT2D eigenvalue weighted by molar-refractivity contribution is 6.25. The van der Waals surface area contributed by atoms with Gasteiger partial charge in [0.1, 0.15) is 0 Å². The second-order valence-corrected chi connectivity index (χ2v) is 8.23. The minimum absolute atomic E-state index is 0.0887. The van der Waals surface area contributed by atoms with Crippen molar-refractivity contribution in [2.75, 3.05) is 13.1 Å². The van der Waals surface area contributed by atoms with Crippen LogP contribution in [-0.4, -0.2) is 40.6 Å². The van der Waals surface area contributed by atoms with Crippen molar-refractivity contribution in [3.05, 3.63) is 83.4 Å². The third-order valence-electron chi connectivity index (χ3n) is 6.39. The SMILES string of the molecule is O=C1c2cccc3cccc(c23)C(=O)N1CCCC(=O)N1CCCC1c1ccccc1. The van der Waals surface area contributed by atoms with E-state index >= 15 is 0 Å². The van der Waals surface area contributed by atoms with Gasteiger partial charge in [0, 0.05) is 36.0 Å². The minimum Gasteiger partial charge on any atom is -0.336 e. The molecule has 5 rings (SSSR count). The number of imide groups is 1. The van der Waals surface area contributed by atoms with Gasteiger partial charge in [-0.2, -0.15) is 0 Å². The van der Waals surface area contributed by atoms with Crippen LogP contribution < -0.4 is 0 Å². The van der Waals surface area contributed by atoms with Crippen LogP contribution in [0.4, 0.5) is 0 Å². The average Bonchev–Trinajstić information content (AvgIpc) is 3.30. The van der Waals surface area contributed by atoms with Gasteiger partial charge in [-0.25, -0.2) is 0 Å². The molecule has 0 spiro atoms. The number of benzene rings is 3. The molecule has 1 unspecified atom stereocenters. The van der Waals surface area contributed by atoms with Crippen LogP contribution in [0.1, 0.15) is 58.0 Å². The van der Waals surface area contributed by atoms with Crippen molar-refractivity contribution in [2.24, 2.45) is 0 Å². The zero-order valence-corrected chi connectivity index (χ0v) is 17.3. The number of carbonyl (C=O) groups excluding carboxylic acids is 3. The molecule has 0 N–H and O–H groups in total. The molecular formula is C26H24N2O3. The summed E-state index contributed by atoms with van der Waals surface area (Å²) in [7, 11) is 0. The maximum atomic E-state index is 13.0. The Balaban J connectivity index is 1.27. The van der Waals surface area contributed by atoms with Crippen LogP contribution in [0, 0.1) is 0 Å². The Labute approximate surface area is 181 Å². The molecule has 2 aliphatic heterocycles. The fourth-order valence-corrected chi connectivity index (χ4v) is 4.90. The number of rotatable bonds is 5. The maximum absolute atomic E-state index is 13.0. The summed E-state index contributed by atoms with van der Waals surface area (Å²) in [5.41, 5.74) is 2.28. The quantitative estimate of drug-likeness (QED) is 0.577. The largest absolute Gasteiger partial charge is 0.336 e. The number of likely N-dealkylation sites (tertiary alicyclic amines) is 1. The summed E-state index contributed by atoms with van der Waals surface area (Å²) in [5, 5.41) is 1.63. The lowest BCUT2D eigenvalue weighted by atomic mass is 9.94. The molecule has 3 aromatic rings. The lowest BCUT2D eigenvalue weighted by Crippen LogP contribution is -2.41. The molecule has 3 aromatic carbocycles. The van der Waals surface area contributed by atoms with Crippen molar-refractivity contribution in [3.8, 4) is 0 Å². The van der Waals surface area contributed by atoms with E-state index in [1.807, 2.05) is 47.4 Å². The molecule has 1 saturated heterocycles. The Morgan fingerprint density at radius 2 is 1.55 bits per heavy atom. The lowest BCUT2D eigenvalue weighted by Gasteiger charge is -2.28. The first-order valence-electron chi connectivity index (χ1n) is 10.9. The van der Waals surface area contributed by atoms with Gasteiger partial charge >= 0.3 is 0 Å². The summed E-state index contributed by atoms with van der Waals surface area (Å²) in [6, 6.07) is 21.3. The Kier molecular flexibility index (Phi) is 5.02. The molecule has 156 valence electrons. The van der Waals surface area contributed by atoms with Crippen molar-refractivity contribution in [2.45, 2.75) is 31.7 Å². The molecule has 1 atom stereocenters. The van der Waals surface area contributed by atoms with Crippen molar-refractivity contribution >= 4 is 28.5 Å². The van der Waals surface area contributed by atoms with E-state index in [1.165, 1.54) is 10.5 Å². The molecule has 3 amide bonds. The summed E-state index contributed by atoms with van der Waals surface area (Å²) >= 11 is 0. The van der Waals surface area contributed by atoms with Crippen molar-refractivity contribution in [1.29, 1.82) is 0 Å². The van der Waals surface area contributed by atoms with E-state index in [2.05, 4.69) is 12.1 Å². The first-order chi connectivity index (χ1) is 15.1. The van der Waals surface area contributed by atoms with E-state index in [-0.39, 0.29) is 30.3 Å². The second kappa shape index (κ2) is 7.99. The van der Waals surface area contributed by atoms with Gasteiger partial charge < -0.3 is 4.90 Å². The molecule has 0 aliphatic carbocycles. The number of hydrogen-bond acceptors (Lipinski definition) is 3. The lowest BCUT2D eigenvalue weighted by molar-refractivity contribution is -0.132. The third kappa shape index (κ3) is 3.40. The molecule has 2 aliphatic rings. The number of hydrogen-bond donors (Lipinski definition) is 0. The van der Waals surface area contributed by atoms with Gasteiger partial charge in [-0.1, -0.05) is 54.6 Å². The zero-order valence-electron chi connectivity index (χ0n) is 17.3. The van der Waals surface area contributed by atoms with Crippen LogP contribution in [0.3, 0.4) is 0 Å². The number of nitrogens with zero attached hydrogens (tertiary/aromatic N) is 2. The van der Waals surface area contributed by atoms with Crippen LogP contribution >= 0.6 is 0 Å². The second-order valence-electron chi connectivity index (χ2n) is 8.23. The molecule has 0 radical (unpaired) electrons. The average molecular weight is 412 g/mol. The highest BCUT2D eigenvalue weighted by Crippen LogP contribution is 2.33. The topological polar surface area (TPSA) is 57.7 Å². The van der Waals surface area contributed by atoms with Crippen molar-refractivity contribution < 1.29 is 14.4 Å². The minimum atomic E-state index is -0.273. The smallest absolute Gasteiger partial charge is 0.261 e. The molecule has 31 heavy (non-hydrogen) atoms. The molecular weight excluding hydrogens is 388 g/mol. The van der Waals surface area contributed by atoms with Crippen LogP contribution in [0.5, 0.6) is 0 Å². The van der Waals surface area contributed by atoms with Gasteiger partial charge in [-0.15, -0.1) is 0 Å². The number of carbonyl (C=O) groups is 3. The van der Waals surface area contributed by atoms with Crippen LogP contribution in [0.15, 0.2) is 66.7 Å². The van der Waals surface area contributed by atoms with E-state index in [0.717, 1.165) is 30.2 Å². The van der Waals surface area contributed by atoms with Crippen molar-refractivity contribution in [3.63, 3.8) is 0 Å². The molecule has 2 heterocycles. The first kappa shape index (κ1) is 19.5. The Morgan fingerprint density at radius 1 is 0.871 bits per heavy atom. The molecule has 5 heteroatoms. The van der Waals surface area contributed by atoms with Crippen LogP contribution in [0.2, 0.25) is 0 Å². The first-order valence-corrected chi connectivity index (χ1v) is 10.9. The third-order valence-corrected chi connectivity index (χ3v) is 6.39. The summed E-state index contributed by atoms with van der Waals surface area (Å²) in [5.74, 6) is -0.457. The number of amides is 3. The van der Waals surface area contributed by atoms with E-state index < -0.39 is 0 Å². The van der Waals surface area contributed by atoms with Gasteiger partial charge in [-0.3, -0.25) is 19.3 Å². The van der Waals surface area contributed by atoms with E-state index in [4.69, 9.17) is 0 Å². The fraction of sp³-hybridized carbons (Fsp3) is 0.269. The Bertz CT molecular complexity index is 1120. The van der Waals surface area contributed by atoms with E-state index in [9.17, 15) is 14.4 Å². The summed E-state index contributed by atoms with van der Waals surface area (Å²) in [4.78, 5) is 42.2. The Hall–Kier alpha value is -3.47. The molecule has 5 nitrogen and oxygen atoms in total. The normalized spacial score (nSPS) is 18.1. The van der Waals surface area contributed by atoms with Gasteiger partial charge in [0.15, 0.2) is 0 Å².